The first-order chi connectivity index (χ1) is 4.22. The summed E-state index contributed by atoms with van der Waals surface area (Å²) in [5.41, 5.74) is 5.06. The molecule has 0 fully saturated rings. The predicted octanol–water partition coefficient (Wildman–Crippen LogP) is -0.407. The Bertz CT molecular complexity index is 153. The molecule has 9 heavy (non-hydrogen) atoms. The van der Waals surface area contributed by atoms with Crippen molar-refractivity contribution in [1.29, 1.82) is 0 Å². The molecule has 0 bridgehead atoms. The first kappa shape index (κ1) is 6.13. The Balaban J connectivity index is 2.59. The minimum Gasteiger partial charge on any atom is -0.388 e. The van der Waals surface area contributed by atoms with E-state index in [4.69, 9.17) is 5.73 Å². The summed E-state index contributed by atoms with van der Waals surface area (Å²) < 4.78 is 0. The van der Waals surface area contributed by atoms with Crippen LogP contribution in [-0.4, -0.2) is 11.9 Å². The smallest absolute Gasteiger partial charge is 0.226 e. The van der Waals surface area contributed by atoms with Gasteiger partial charge in [0.15, 0.2) is 0 Å². The first-order valence-electron chi connectivity index (χ1n) is 2.94. The monoisotopic (exact) mass is 126 g/mol. The molecule has 50 valence electrons. The molecule has 2 unspecified atom stereocenters. The molecule has 1 rings (SSSR count). The quantitative estimate of drug-likeness (QED) is 0.502. The summed E-state index contributed by atoms with van der Waals surface area (Å²) in [5.74, 6) is -0.381. The molecule has 0 saturated heterocycles. The van der Waals surface area contributed by atoms with Crippen LogP contribution in [0.2, 0.25) is 0 Å². The lowest BCUT2D eigenvalue weighted by atomic mass is 10.0. The van der Waals surface area contributed by atoms with Crippen molar-refractivity contribution in [3.63, 3.8) is 0 Å². The lowest BCUT2D eigenvalue weighted by Gasteiger charge is -2.09. The van der Waals surface area contributed by atoms with Crippen molar-refractivity contribution in [2.75, 3.05) is 0 Å². The summed E-state index contributed by atoms with van der Waals surface area (Å²) in [4.78, 5) is 10.5. The van der Waals surface area contributed by atoms with Crippen molar-refractivity contribution in [1.82, 2.24) is 5.32 Å². The van der Waals surface area contributed by atoms with Crippen LogP contribution in [0.3, 0.4) is 0 Å². The van der Waals surface area contributed by atoms with E-state index in [1.165, 1.54) is 0 Å². The maximum atomic E-state index is 10.5. The Morgan fingerprint density at radius 3 is 2.67 bits per heavy atom. The largest absolute Gasteiger partial charge is 0.388 e. The fraction of sp³-hybridized carbons (Fsp3) is 0.500. The van der Waals surface area contributed by atoms with Crippen molar-refractivity contribution in [2.24, 2.45) is 11.7 Å². The maximum absolute atomic E-state index is 10.5. The summed E-state index contributed by atoms with van der Waals surface area (Å²) in [5, 5.41) is 2.97. The normalized spacial score (nSPS) is 32.1. The number of carbonyl (C=O) groups is 1. The second-order valence-electron chi connectivity index (χ2n) is 2.24. The van der Waals surface area contributed by atoms with E-state index in [1.807, 2.05) is 6.92 Å². The van der Waals surface area contributed by atoms with Gasteiger partial charge in [0.25, 0.3) is 0 Å². The minimum atomic E-state index is -0.260. The van der Waals surface area contributed by atoms with Crippen molar-refractivity contribution < 1.29 is 4.79 Å². The number of carbonyl (C=O) groups excluding carboxylic acids is 1. The molecule has 0 saturated carbocycles. The van der Waals surface area contributed by atoms with Crippen LogP contribution < -0.4 is 11.1 Å². The van der Waals surface area contributed by atoms with Gasteiger partial charge in [-0.15, -0.1) is 0 Å². The van der Waals surface area contributed by atoms with E-state index >= 15 is 0 Å². The van der Waals surface area contributed by atoms with Gasteiger partial charge in [-0.25, -0.2) is 0 Å². The average Bonchev–Trinajstić information content (AvgIpc) is 2.13. The highest BCUT2D eigenvalue weighted by Crippen LogP contribution is 2.09. The summed E-state index contributed by atoms with van der Waals surface area (Å²) in [7, 11) is 0. The van der Waals surface area contributed by atoms with Crippen LogP contribution in [0.4, 0.5) is 0 Å². The SMILES string of the molecule is CC1NC=CC1C(N)=O. The molecule has 1 amide bonds. The number of rotatable bonds is 1. The molecule has 0 spiro atoms. The fourth-order valence-electron chi connectivity index (χ4n) is 0.923. The van der Waals surface area contributed by atoms with Gasteiger partial charge in [0.2, 0.25) is 5.91 Å². The van der Waals surface area contributed by atoms with Crippen LogP contribution in [-0.2, 0) is 4.79 Å². The topological polar surface area (TPSA) is 55.1 Å². The number of primary amides is 1. The lowest BCUT2D eigenvalue weighted by molar-refractivity contribution is -0.120. The molecule has 1 aliphatic rings. The second kappa shape index (κ2) is 2.09. The first-order valence-corrected chi connectivity index (χ1v) is 2.94. The van der Waals surface area contributed by atoms with Crippen LogP contribution in [0.15, 0.2) is 12.3 Å². The Hall–Kier alpha value is -0.990. The molecule has 0 aliphatic carbocycles. The molecule has 3 nitrogen and oxygen atoms in total. The highest BCUT2D eigenvalue weighted by Gasteiger charge is 2.22. The minimum absolute atomic E-state index is 0.120. The van der Waals surface area contributed by atoms with E-state index in [1.54, 1.807) is 12.3 Å². The lowest BCUT2D eigenvalue weighted by Crippen LogP contribution is -2.32. The van der Waals surface area contributed by atoms with Gasteiger partial charge in [0.05, 0.1) is 5.92 Å². The van der Waals surface area contributed by atoms with E-state index in [0.29, 0.717) is 0 Å². The molecule has 1 heterocycles. The van der Waals surface area contributed by atoms with E-state index in [2.05, 4.69) is 5.32 Å². The van der Waals surface area contributed by atoms with E-state index < -0.39 is 0 Å². The van der Waals surface area contributed by atoms with Crippen LogP contribution in [0.5, 0.6) is 0 Å². The molecule has 3 N–H and O–H groups in total. The number of nitrogens with one attached hydrogen (secondary N) is 1. The maximum Gasteiger partial charge on any atom is 0.226 e. The molecule has 0 aromatic carbocycles. The van der Waals surface area contributed by atoms with E-state index in [-0.39, 0.29) is 17.9 Å². The Morgan fingerprint density at radius 2 is 2.44 bits per heavy atom. The summed E-state index contributed by atoms with van der Waals surface area (Å²) >= 11 is 0. The van der Waals surface area contributed by atoms with Gasteiger partial charge in [0.1, 0.15) is 0 Å². The second-order valence-corrected chi connectivity index (χ2v) is 2.24. The third-order valence-corrected chi connectivity index (χ3v) is 1.53. The highest BCUT2D eigenvalue weighted by molar-refractivity contribution is 5.79. The standard InChI is InChI=1S/C6H10N2O/c1-4-5(6(7)9)2-3-8-4/h2-5,8H,1H3,(H2,7,9). The number of amides is 1. The molecular weight excluding hydrogens is 116 g/mol. The number of hydrogen-bond donors (Lipinski definition) is 2. The van der Waals surface area contributed by atoms with Crippen molar-refractivity contribution in [2.45, 2.75) is 13.0 Å². The van der Waals surface area contributed by atoms with E-state index in [9.17, 15) is 4.79 Å². The predicted molar refractivity (Wildman–Crippen MR) is 34.4 cm³/mol. The highest BCUT2D eigenvalue weighted by atomic mass is 16.1. The van der Waals surface area contributed by atoms with Crippen molar-refractivity contribution >= 4 is 5.91 Å². The molecule has 0 aromatic heterocycles. The van der Waals surface area contributed by atoms with Crippen LogP contribution in [0.1, 0.15) is 6.92 Å². The Labute approximate surface area is 53.9 Å². The zero-order chi connectivity index (χ0) is 6.85. The number of hydrogen-bond acceptors (Lipinski definition) is 2. The van der Waals surface area contributed by atoms with Gasteiger partial charge in [0, 0.05) is 6.04 Å². The molecule has 3 heteroatoms. The fourth-order valence-corrected chi connectivity index (χ4v) is 0.923. The summed E-state index contributed by atoms with van der Waals surface area (Å²) in [6, 6.07) is 0.169. The van der Waals surface area contributed by atoms with E-state index in [0.717, 1.165) is 0 Å². The van der Waals surface area contributed by atoms with Gasteiger partial charge < -0.3 is 11.1 Å². The van der Waals surface area contributed by atoms with Crippen LogP contribution >= 0.6 is 0 Å². The Morgan fingerprint density at radius 1 is 1.78 bits per heavy atom. The van der Waals surface area contributed by atoms with Crippen LogP contribution in [0, 0.1) is 5.92 Å². The number of nitrogens with two attached hydrogens (primary N) is 1. The third kappa shape index (κ3) is 1.04. The van der Waals surface area contributed by atoms with Gasteiger partial charge in [-0.2, -0.15) is 0 Å². The zero-order valence-electron chi connectivity index (χ0n) is 5.29. The summed E-state index contributed by atoms with van der Waals surface area (Å²) in [6.45, 7) is 1.93. The van der Waals surface area contributed by atoms with Gasteiger partial charge in [-0.3, -0.25) is 4.79 Å². The molecule has 2 atom stereocenters. The third-order valence-electron chi connectivity index (χ3n) is 1.53. The molecule has 1 aliphatic heterocycles. The molecule has 0 aromatic rings. The van der Waals surface area contributed by atoms with Crippen molar-refractivity contribution in [3.05, 3.63) is 12.3 Å². The zero-order valence-corrected chi connectivity index (χ0v) is 5.29. The Kier molecular flexibility index (Phi) is 1.42. The van der Waals surface area contributed by atoms with Gasteiger partial charge in [-0.05, 0) is 13.1 Å². The van der Waals surface area contributed by atoms with Crippen molar-refractivity contribution in [3.8, 4) is 0 Å². The molecule has 0 radical (unpaired) electrons. The molecular formula is C6H10N2O. The van der Waals surface area contributed by atoms with Gasteiger partial charge in [-0.1, -0.05) is 6.08 Å². The van der Waals surface area contributed by atoms with Crippen LogP contribution in [0.25, 0.3) is 0 Å². The van der Waals surface area contributed by atoms with Gasteiger partial charge >= 0.3 is 0 Å². The average molecular weight is 126 g/mol. The summed E-state index contributed by atoms with van der Waals surface area (Å²) in [6.07, 6.45) is 3.55.